The van der Waals surface area contributed by atoms with Crippen molar-refractivity contribution >= 4 is 29.2 Å². The summed E-state index contributed by atoms with van der Waals surface area (Å²) in [5, 5.41) is 12.9. The third kappa shape index (κ3) is 3.82. The first kappa shape index (κ1) is 20.1. The molecule has 0 atom stereocenters. The van der Waals surface area contributed by atoms with Gasteiger partial charge in [-0.1, -0.05) is 0 Å². The lowest BCUT2D eigenvalue weighted by Crippen LogP contribution is -2.17. The second-order valence-electron chi connectivity index (χ2n) is 6.31. The molecule has 0 bridgehead atoms. The van der Waals surface area contributed by atoms with Gasteiger partial charge in [0, 0.05) is 30.2 Å². The summed E-state index contributed by atoms with van der Waals surface area (Å²) in [5.74, 6) is 1.23. The number of rotatable bonds is 6. The third-order valence-corrected chi connectivity index (χ3v) is 4.45. The lowest BCUT2D eigenvalue weighted by atomic mass is 10.1. The van der Waals surface area contributed by atoms with Gasteiger partial charge in [0.25, 0.3) is 0 Å². The van der Waals surface area contributed by atoms with E-state index in [1.54, 1.807) is 30.5 Å². The standard InChI is InChI=1S/C20H20N2O5.ClH/c1-12-20-15(14(11-22-12)10-21-4-5-23)9-18(27-20)19(24)13-2-3-16-17(8-13)26-7-6-25-16;/h2-3,8-9,11,21,23H,4-7,10H2,1H3;1H. The van der Waals surface area contributed by atoms with Crippen LogP contribution >= 0.6 is 12.4 Å². The zero-order valence-corrected chi connectivity index (χ0v) is 16.2. The van der Waals surface area contributed by atoms with Gasteiger partial charge in [0.1, 0.15) is 13.2 Å². The Hall–Kier alpha value is -2.61. The zero-order chi connectivity index (χ0) is 18.8. The Kier molecular flexibility index (Phi) is 6.18. The van der Waals surface area contributed by atoms with Crippen LogP contribution in [0.25, 0.3) is 11.0 Å². The summed E-state index contributed by atoms with van der Waals surface area (Å²) in [6, 6.07) is 6.87. The molecule has 0 saturated carbocycles. The summed E-state index contributed by atoms with van der Waals surface area (Å²) < 4.78 is 16.9. The minimum atomic E-state index is -0.225. The quantitative estimate of drug-likeness (QED) is 0.481. The van der Waals surface area contributed by atoms with Gasteiger partial charge in [0.15, 0.2) is 22.8 Å². The van der Waals surface area contributed by atoms with E-state index in [2.05, 4.69) is 10.3 Å². The number of fused-ring (bicyclic) bond motifs is 2. The number of aliphatic hydroxyl groups excluding tert-OH is 1. The van der Waals surface area contributed by atoms with Crippen molar-refractivity contribution in [1.82, 2.24) is 10.3 Å². The van der Waals surface area contributed by atoms with Crippen molar-refractivity contribution in [3.63, 3.8) is 0 Å². The number of furan rings is 1. The van der Waals surface area contributed by atoms with Gasteiger partial charge in [-0.05, 0) is 36.8 Å². The average molecular weight is 405 g/mol. The molecule has 0 unspecified atom stereocenters. The Morgan fingerprint density at radius 3 is 2.79 bits per heavy atom. The van der Waals surface area contributed by atoms with Crippen molar-refractivity contribution in [3.05, 3.63) is 53.0 Å². The van der Waals surface area contributed by atoms with E-state index in [0.29, 0.717) is 48.9 Å². The summed E-state index contributed by atoms with van der Waals surface area (Å²) in [4.78, 5) is 17.3. The maximum Gasteiger partial charge on any atom is 0.228 e. The van der Waals surface area contributed by atoms with Crippen LogP contribution in [0.2, 0.25) is 0 Å². The van der Waals surface area contributed by atoms with Crippen molar-refractivity contribution in [2.75, 3.05) is 26.4 Å². The Morgan fingerprint density at radius 1 is 1.21 bits per heavy atom. The highest BCUT2D eigenvalue weighted by molar-refractivity contribution is 6.09. The minimum Gasteiger partial charge on any atom is -0.486 e. The van der Waals surface area contributed by atoms with E-state index in [1.807, 2.05) is 6.92 Å². The molecule has 28 heavy (non-hydrogen) atoms. The highest BCUT2D eigenvalue weighted by Gasteiger charge is 2.20. The van der Waals surface area contributed by atoms with Gasteiger partial charge in [0.05, 0.1) is 12.3 Å². The number of benzene rings is 1. The van der Waals surface area contributed by atoms with E-state index in [0.717, 1.165) is 16.6 Å². The molecule has 8 heteroatoms. The molecular formula is C20H21ClN2O5. The number of hydrogen-bond acceptors (Lipinski definition) is 7. The fourth-order valence-corrected chi connectivity index (χ4v) is 3.08. The number of halogens is 1. The first-order valence-corrected chi connectivity index (χ1v) is 8.81. The molecule has 0 fully saturated rings. The Balaban J connectivity index is 0.00000225. The molecule has 4 rings (SSSR count). The molecule has 0 aliphatic carbocycles. The number of aryl methyl sites for hydroxylation is 1. The molecule has 2 aromatic heterocycles. The van der Waals surface area contributed by atoms with Crippen LogP contribution in [-0.2, 0) is 6.54 Å². The highest BCUT2D eigenvalue weighted by atomic mass is 35.5. The Labute approximate surface area is 168 Å². The fraction of sp³-hybridized carbons (Fsp3) is 0.300. The predicted molar refractivity (Wildman–Crippen MR) is 106 cm³/mol. The summed E-state index contributed by atoms with van der Waals surface area (Å²) in [5.41, 5.74) is 2.70. The van der Waals surface area contributed by atoms with E-state index < -0.39 is 0 Å². The van der Waals surface area contributed by atoms with Crippen LogP contribution in [0, 0.1) is 6.92 Å². The SMILES string of the molecule is Cc1ncc(CNCCO)c2cc(C(=O)c3ccc4c(c3)OCCO4)oc12.Cl. The van der Waals surface area contributed by atoms with Crippen LogP contribution in [0.1, 0.15) is 27.4 Å². The number of ketones is 1. The van der Waals surface area contributed by atoms with Crippen LogP contribution in [0.3, 0.4) is 0 Å². The zero-order valence-electron chi connectivity index (χ0n) is 15.4. The van der Waals surface area contributed by atoms with Crippen LogP contribution in [0.15, 0.2) is 34.9 Å². The molecular weight excluding hydrogens is 384 g/mol. The smallest absolute Gasteiger partial charge is 0.228 e. The molecule has 3 heterocycles. The number of ether oxygens (including phenoxy) is 2. The number of aromatic nitrogens is 1. The van der Waals surface area contributed by atoms with Crippen molar-refractivity contribution in [1.29, 1.82) is 0 Å². The first-order chi connectivity index (χ1) is 13.2. The summed E-state index contributed by atoms with van der Waals surface area (Å²) in [6.45, 7) is 3.88. The second-order valence-corrected chi connectivity index (χ2v) is 6.31. The van der Waals surface area contributed by atoms with Crippen LogP contribution in [0.5, 0.6) is 11.5 Å². The number of carbonyl (C=O) groups is 1. The number of pyridine rings is 1. The molecule has 3 aromatic rings. The fourth-order valence-electron chi connectivity index (χ4n) is 3.08. The van der Waals surface area contributed by atoms with Gasteiger partial charge in [-0.3, -0.25) is 9.78 Å². The van der Waals surface area contributed by atoms with Crippen LogP contribution in [0.4, 0.5) is 0 Å². The molecule has 0 radical (unpaired) electrons. The van der Waals surface area contributed by atoms with E-state index in [4.69, 9.17) is 19.0 Å². The normalized spacial score (nSPS) is 12.6. The summed E-state index contributed by atoms with van der Waals surface area (Å²) >= 11 is 0. The van der Waals surface area contributed by atoms with Gasteiger partial charge in [0.2, 0.25) is 5.78 Å². The number of nitrogens with one attached hydrogen (secondary N) is 1. The maximum absolute atomic E-state index is 12.9. The number of carbonyl (C=O) groups excluding carboxylic acids is 1. The minimum absolute atomic E-state index is 0. The lowest BCUT2D eigenvalue weighted by Gasteiger charge is -2.18. The maximum atomic E-state index is 12.9. The Morgan fingerprint density at radius 2 is 2.00 bits per heavy atom. The number of aliphatic hydroxyl groups is 1. The van der Waals surface area contributed by atoms with E-state index in [-0.39, 0.29) is 30.6 Å². The van der Waals surface area contributed by atoms with Gasteiger partial charge in [-0.25, -0.2) is 0 Å². The molecule has 0 saturated heterocycles. The van der Waals surface area contributed by atoms with Gasteiger partial charge < -0.3 is 24.3 Å². The van der Waals surface area contributed by atoms with Crippen molar-refractivity contribution in [2.45, 2.75) is 13.5 Å². The number of hydrogen-bond donors (Lipinski definition) is 2. The number of nitrogens with zero attached hydrogens (tertiary/aromatic N) is 1. The molecule has 1 aromatic carbocycles. The third-order valence-electron chi connectivity index (χ3n) is 4.45. The van der Waals surface area contributed by atoms with Crippen LogP contribution < -0.4 is 14.8 Å². The van der Waals surface area contributed by atoms with Gasteiger partial charge in [-0.15, -0.1) is 12.4 Å². The molecule has 0 amide bonds. The van der Waals surface area contributed by atoms with Crippen LogP contribution in [-0.4, -0.2) is 42.2 Å². The molecule has 1 aliphatic rings. The van der Waals surface area contributed by atoms with Crippen molar-refractivity contribution < 1.29 is 23.8 Å². The Bertz CT molecular complexity index is 1000. The van der Waals surface area contributed by atoms with Crippen molar-refractivity contribution in [3.8, 4) is 11.5 Å². The van der Waals surface area contributed by atoms with Gasteiger partial charge in [-0.2, -0.15) is 0 Å². The second kappa shape index (κ2) is 8.60. The van der Waals surface area contributed by atoms with Gasteiger partial charge >= 0.3 is 0 Å². The predicted octanol–water partition coefficient (Wildman–Crippen LogP) is 2.64. The van der Waals surface area contributed by atoms with E-state index in [1.165, 1.54) is 0 Å². The van der Waals surface area contributed by atoms with Crippen molar-refractivity contribution in [2.24, 2.45) is 0 Å². The largest absolute Gasteiger partial charge is 0.486 e. The molecule has 7 nitrogen and oxygen atoms in total. The molecule has 2 N–H and O–H groups in total. The highest BCUT2D eigenvalue weighted by Crippen LogP contribution is 2.32. The molecule has 0 spiro atoms. The monoisotopic (exact) mass is 404 g/mol. The molecule has 148 valence electrons. The topological polar surface area (TPSA) is 93.8 Å². The lowest BCUT2D eigenvalue weighted by molar-refractivity contribution is 0.101. The van der Waals surface area contributed by atoms with E-state index >= 15 is 0 Å². The first-order valence-electron chi connectivity index (χ1n) is 8.81. The summed E-state index contributed by atoms with van der Waals surface area (Å²) in [6.07, 6.45) is 1.76. The molecule has 1 aliphatic heterocycles. The summed E-state index contributed by atoms with van der Waals surface area (Å²) in [7, 11) is 0. The average Bonchev–Trinajstić information content (AvgIpc) is 3.15. The van der Waals surface area contributed by atoms with E-state index in [9.17, 15) is 4.79 Å².